The Kier molecular flexibility index (Phi) is 5.61. The number of amidine groups is 1. The number of hydrogen-bond donors (Lipinski definition) is 2. The van der Waals surface area contributed by atoms with Gasteiger partial charge in [-0.05, 0) is 6.42 Å². The topological polar surface area (TPSA) is 78.9 Å². The molecule has 0 aromatic rings. The van der Waals surface area contributed by atoms with Gasteiger partial charge in [0.2, 0.25) is 5.91 Å². The van der Waals surface area contributed by atoms with Crippen molar-refractivity contribution in [1.29, 1.82) is 0 Å². The summed E-state index contributed by atoms with van der Waals surface area (Å²) in [6.45, 7) is 5.61. The highest BCUT2D eigenvalue weighted by Crippen LogP contribution is 2.20. The lowest BCUT2D eigenvalue weighted by molar-refractivity contribution is -0.133. The average molecular weight is 259 g/mol. The highest BCUT2D eigenvalue weighted by atomic mass is 32.2. The number of amides is 1. The van der Waals surface area contributed by atoms with Crippen molar-refractivity contribution >= 4 is 23.5 Å². The largest absolute Gasteiger partial charge is 0.409 e. The molecule has 1 fully saturated rings. The van der Waals surface area contributed by atoms with Gasteiger partial charge in [-0.1, -0.05) is 25.4 Å². The summed E-state index contributed by atoms with van der Waals surface area (Å²) in [5.41, 5.74) is 5.59. The van der Waals surface area contributed by atoms with E-state index in [1.807, 2.05) is 23.6 Å². The molecule has 0 aliphatic carbocycles. The van der Waals surface area contributed by atoms with Crippen molar-refractivity contribution in [3.05, 3.63) is 0 Å². The molecule has 1 aliphatic rings. The fraction of sp³-hybridized carbons (Fsp3) is 0.818. The summed E-state index contributed by atoms with van der Waals surface area (Å²) in [7, 11) is 0. The smallest absolute Gasteiger partial charge is 0.233 e. The van der Waals surface area contributed by atoms with Crippen LogP contribution in [0.5, 0.6) is 0 Å². The molecule has 1 aliphatic heterocycles. The van der Waals surface area contributed by atoms with Gasteiger partial charge < -0.3 is 15.8 Å². The predicted octanol–water partition coefficient (Wildman–Crippen LogP) is 1.11. The Bertz CT molecular complexity index is 296. The van der Waals surface area contributed by atoms with Gasteiger partial charge in [0.15, 0.2) is 5.84 Å². The third-order valence-electron chi connectivity index (χ3n) is 2.90. The van der Waals surface area contributed by atoms with Gasteiger partial charge in [0.25, 0.3) is 0 Å². The molecule has 1 rings (SSSR count). The summed E-state index contributed by atoms with van der Waals surface area (Å²) in [5, 5.41) is 12.2. The molecule has 1 heterocycles. The first kappa shape index (κ1) is 14.2. The minimum Gasteiger partial charge on any atom is -0.409 e. The van der Waals surface area contributed by atoms with Gasteiger partial charge in [-0.2, -0.15) is 11.8 Å². The van der Waals surface area contributed by atoms with Gasteiger partial charge in [-0.15, -0.1) is 0 Å². The van der Waals surface area contributed by atoms with Crippen LogP contribution in [0.25, 0.3) is 0 Å². The number of rotatable bonds is 4. The fourth-order valence-electron chi connectivity index (χ4n) is 2.00. The van der Waals surface area contributed by atoms with Crippen molar-refractivity contribution in [2.24, 2.45) is 16.8 Å². The maximum atomic E-state index is 12.3. The number of nitrogens with zero attached hydrogens (tertiary/aromatic N) is 2. The molecule has 5 nitrogen and oxygen atoms in total. The van der Waals surface area contributed by atoms with E-state index < -0.39 is 5.92 Å². The fourth-order valence-corrected chi connectivity index (χ4v) is 3.01. The first-order valence-electron chi connectivity index (χ1n) is 5.98. The van der Waals surface area contributed by atoms with E-state index in [1.54, 1.807) is 0 Å². The molecule has 2 unspecified atom stereocenters. The first-order valence-corrected chi connectivity index (χ1v) is 7.02. The maximum absolute atomic E-state index is 12.3. The van der Waals surface area contributed by atoms with Crippen molar-refractivity contribution in [2.75, 3.05) is 18.8 Å². The quantitative estimate of drug-likeness (QED) is 0.343. The van der Waals surface area contributed by atoms with Crippen molar-refractivity contribution in [3.8, 4) is 0 Å². The van der Waals surface area contributed by atoms with Crippen LogP contribution in [-0.4, -0.2) is 45.9 Å². The van der Waals surface area contributed by atoms with E-state index in [0.29, 0.717) is 11.7 Å². The van der Waals surface area contributed by atoms with Crippen molar-refractivity contribution < 1.29 is 10.0 Å². The van der Waals surface area contributed by atoms with E-state index in [-0.39, 0.29) is 11.7 Å². The zero-order valence-corrected chi connectivity index (χ0v) is 11.2. The number of thioether (sulfide) groups is 1. The Morgan fingerprint density at radius 1 is 1.71 bits per heavy atom. The lowest BCUT2D eigenvalue weighted by Gasteiger charge is -2.33. The third-order valence-corrected chi connectivity index (χ3v) is 4.04. The van der Waals surface area contributed by atoms with Crippen LogP contribution in [0.3, 0.4) is 0 Å². The minimum atomic E-state index is -0.472. The van der Waals surface area contributed by atoms with Crippen LogP contribution >= 0.6 is 11.8 Å². The summed E-state index contributed by atoms with van der Waals surface area (Å²) < 4.78 is 0. The van der Waals surface area contributed by atoms with Crippen LogP contribution in [-0.2, 0) is 4.79 Å². The van der Waals surface area contributed by atoms with Crippen LogP contribution in [0, 0.1) is 5.92 Å². The summed E-state index contributed by atoms with van der Waals surface area (Å²) in [4.78, 5) is 14.1. The first-order chi connectivity index (χ1) is 8.10. The highest BCUT2D eigenvalue weighted by molar-refractivity contribution is 7.99. The predicted molar refractivity (Wildman–Crippen MR) is 70.3 cm³/mol. The second-order valence-corrected chi connectivity index (χ2v) is 5.88. The number of nitrogens with two attached hydrogens (primary N) is 1. The number of carbonyl (C=O) groups is 1. The molecular weight excluding hydrogens is 238 g/mol. The number of carbonyl (C=O) groups excluding carboxylic acids is 1. The summed E-state index contributed by atoms with van der Waals surface area (Å²) in [6, 6.07) is 0. The van der Waals surface area contributed by atoms with Gasteiger partial charge in [-0.3, -0.25) is 4.79 Å². The van der Waals surface area contributed by atoms with Crippen LogP contribution in [0.2, 0.25) is 0 Å². The van der Waals surface area contributed by atoms with Crippen LogP contribution in [0.15, 0.2) is 5.16 Å². The molecule has 0 bridgehead atoms. The third kappa shape index (κ3) is 3.80. The molecule has 0 radical (unpaired) electrons. The van der Waals surface area contributed by atoms with E-state index in [1.165, 1.54) is 0 Å². The standard InChI is InChI=1S/C11H21N3O2S/c1-3-4-9(10(12)13-16)11(15)14-5-6-17-8(2)7-14/h8-9,16H,3-7H2,1-2H3,(H2,12,13). The Labute approximate surface area is 106 Å². The number of oxime groups is 1. The van der Waals surface area contributed by atoms with Crippen molar-refractivity contribution in [1.82, 2.24) is 4.90 Å². The number of hydrogen-bond acceptors (Lipinski definition) is 4. The zero-order valence-electron chi connectivity index (χ0n) is 10.4. The van der Waals surface area contributed by atoms with Gasteiger partial charge in [0, 0.05) is 24.1 Å². The summed E-state index contributed by atoms with van der Waals surface area (Å²) in [6.07, 6.45) is 1.47. The molecular formula is C11H21N3O2S. The second-order valence-electron chi connectivity index (χ2n) is 4.33. The molecule has 6 heteroatoms. The molecule has 1 amide bonds. The van der Waals surface area contributed by atoms with E-state index in [2.05, 4.69) is 12.1 Å². The molecule has 0 spiro atoms. The molecule has 1 saturated heterocycles. The second kappa shape index (κ2) is 6.74. The molecule has 0 aromatic carbocycles. The molecule has 17 heavy (non-hydrogen) atoms. The van der Waals surface area contributed by atoms with E-state index in [4.69, 9.17) is 10.9 Å². The normalized spacial score (nSPS) is 23.5. The Morgan fingerprint density at radius 2 is 2.41 bits per heavy atom. The van der Waals surface area contributed by atoms with Gasteiger partial charge in [-0.25, -0.2) is 0 Å². The van der Waals surface area contributed by atoms with Gasteiger partial charge in [0.05, 0.1) is 5.92 Å². The van der Waals surface area contributed by atoms with E-state index in [0.717, 1.165) is 25.3 Å². The van der Waals surface area contributed by atoms with Crippen LogP contribution < -0.4 is 5.73 Å². The van der Waals surface area contributed by atoms with Crippen molar-refractivity contribution in [2.45, 2.75) is 31.9 Å². The van der Waals surface area contributed by atoms with Crippen LogP contribution in [0.4, 0.5) is 0 Å². The molecule has 98 valence electrons. The Hall–Kier alpha value is -0.910. The van der Waals surface area contributed by atoms with E-state index in [9.17, 15) is 4.79 Å². The maximum Gasteiger partial charge on any atom is 0.233 e. The SMILES string of the molecule is CCCC(C(=O)N1CCSC(C)C1)C(N)=NO. The highest BCUT2D eigenvalue weighted by Gasteiger charge is 2.29. The molecule has 0 aromatic heterocycles. The minimum absolute atomic E-state index is 0.00528. The summed E-state index contributed by atoms with van der Waals surface area (Å²) in [5.74, 6) is 0.513. The van der Waals surface area contributed by atoms with Crippen molar-refractivity contribution in [3.63, 3.8) is 0 Å². The summed E-state index contributed by atoms with van der Waals surface area (Å²) >= 11 is 1.87. The van der Waals surface area contributed by atoms with Crippen LogP contribution in [0.1, 0.15) is 26.7 Å². The zero-order chi connectivity index (χ0) is 12.8. The monoisotopic (exact) mass is 259 g/mol. The molecule has 0 saturated carbocycles. The lowest BCUT2D eigenvalue weighted by Crippen LogP contribution is -2.47. The molecule has 2 atom stereocenters. The lowest BCUT2D eigenvalue weighted by atomic mass is 10.0. The Balaban J connectivity index is 2.69. The van der Waals surface area contributed by atoms with Gasteiger partial charge in [0.1, 0.15) is 0 Å². The average Bonchev–Trinajstić information content (AvgIpc) is 2.34. The molecule has 3 N–H and O–H groups in total. The van der Waals surface area contributed by atoms with E-state index >= 15 is 0 Å². The van der Waals surface area contributed by atoms with Gasteiger partial charge >= 0.3 is 0 Å². The Morgan fingerprint density at radius 3 is 2.94 bits per heavy atom.